The van der Waals surface area contributed by atoms with Crippen molar-refractivity contribution in [1.82, 2.24) is 10.2 Å². The third kappa shape index (κ3) is 7.48. The van der Waals surface area contributed by atoms with Gasteiger partial charge in [0.1, 0.15) is 0 Å². The van der Waals surface area contributed by atoms with E-state index in [9.17, 15) is 0 Å². The lowest BCUT2D eigenvalue weighted by molar-refractivity contribution is 0.199. The molecule has 0 aromatic carbocycles. The summed E-state index contributed by atoms with van der Waals surface area (Å²) < 4.78 is 6.17. The van der Waals surface area contributed by atoms with Gasteiger partial charge >= 0.3 is 0 Å². The molecule has 1 rings (SSSR count). The predicted molar refractivity (Wildman–Crippen MR) is 82.3 cm³/mol. The first-order valence-electron chi connectivity index (χ1n) is 6.33. The molecular formula is C13H23BrN2OS. The van der Waals surface area contributed by atoms with Gasteiger partial charge in [-0.1, -0.05) is 0 Å². The molecule has 0 amide bonds. The van der Waals surface area contributed by atoms with Crippen LogP contribution in [0.3, 0.4) is 0 Å². The van der Waals surface area contributed by atoms with E-state index in [2.05, 4.69) is 44.6 Å². The third-order valence-electron chi connectivity index (χ3n) is 2.67. The van der Waals surface area contributed by atoms with Crippen LogP contribution < -0.4 is 5.32 Å². The molecule has 1 N–H and O–H groups in total. The summed E-state index contributed by atoms with van der Waals surface area (Å²) in [5.74, 6) is 0. The highest BCUT2D eigenvalue weighted by Crippen LogP contribution is 2.20. The van der Waals surface area contributed by atoms with Crippen molar-refractivity contribution in [2.75, 3.05) is 40.4 Å². The monoisotopic (exact) mass is 334 g/mol. The fraction of sp³-hybridized carbons (Fsp3) is 0.692. The molecule has 5 heteroatoms. The van der Waals surface area contributed by atoms with E-state index in [0.717, 1.165) is 32.8 Å². The lowest BCUT2D eigenvalue weighted by Gasteiger charge is -2.15. The Morgan fingerprint density at radius 1 is 1.39 bits per heavy atom. The van der Waals surface area contributed by atoms with Gasteiger partial charge in [0.2, 0.25) is 0 Å². The summed E-state index contributed by atoms with van der Waals surface area (Å²) in [6.07, 6.45) is 2.46. The first kappa shape index (κ1) is 16.1. The van der Waals surface area contributed by atoms with Crippen LogP contribution >= 0.6 is 27.3 Å². The highest BCUT2D eigenvalue weighted by atomic mass is 79.9. The van der Waals surface area contributed by atoms with Gasteiger partial charge in [-0.2, -0.15) is 0 Å². The topological polar surface area (TPSA) is 24.5 Å². The van der Waals surface area contributed by atoms with Gasteiger partial charge in [-0.3, -0.25) is 0 Å². The summed E-state index contributed by atoms with van der Waals surface area (Å²) in [6, 6.07) is 2.20. The average molecular weight is 335 g/mol. The highest BCUT2D eigenvalue weighted by Gasteiger charge is 2.02. The summed E-state index contributed by atoms with van der Waals surface area (Å²) in [4.78, 5) is 3.80. The molecule has 0 aliphatic rings. The lowest BCUT2D eigenvalue weighted by Crippen LogP contribution is -2.22. The fourth-order valence-corrected chi connectivity index (χ4v) is 3.24. The van der Waals surface area contributed by atoms with Crippen LogP contribution in [0.15, 0.2) is 15.9 Å². The molecule has 0 unspecified atom stereocenters. The summed E-state index contributed by atoms with van der Waals surface area (Å²) in [5, 5.41) is 5.51. The first-order chi connectivity index (χ1) is 8.72. The number of methoxy groups -OCH3 is 1. The number of nitrogens with one attached hydrogen (secondary N) is 1. The van der Waals surface area contributed by atoms with E-state index < -0.39 is 0 Å². The molecule has 0 fully saturated rings. The van der Waals surface area contributed by atoms with Crippen LogP contribution in [0, 0.1) is 0 Å². The maximum Gasteiger partial charge on any atom is 0.0587 e. The first-order valence-corrected chi connectivity index (χ1v) is 8.00. The lowest BCUT2D eigenvalue weighted by atomic mass is 10.3. The van der Waals surface area contributed by atoms with Crippen molar-refractivity contribution < 1.29 is 4.74 Å². The number of nitrogens with zero attached hydrogens (tertiary/aromatic N) is 1. The minimum atomic E-state index is 0.799. The van der Waals surface area contributed by atoms with Gasteiger partial charge < -0.3 is 15.0 Å². The third-order valence-corrected chi connectivity index (χ3v) is 4.36. The summed E-state index contributed by atoms with van der Waals surface area (Å²) in [6.45, 7) is 5.04. The van der Waals surface area contributed by atoms with Crippen LogP contribution in [0.5, 0.6) is 0 Å². The summed E-state index contributed by atoms with van der Waals surface area (Å²) >= 11 is 5.31. The molecule has 0 aliphatic carbocycles. The molecule has 18 heavy (non-hydrogen) atoms. The number of hydrogen-bond acceptors (Lipinski definition) is 4. The van der Waals surface area contributed by atoms with Gasteiger partial charge in [-0.15, -0.1) is 11.3 Å². The van der Waals surface area contributed by atoms with E-state index in [1.807, 2.05) is 11.3 Å². The van der Waals surface area contributed by atoms with Crippen molar-refractivity contribution in [3.8, 4) is 0 Å². The molecular weight excluding hydrogens is 312 g/mol. The van der Waals surface area contributed by atoms with Crippen molar-refractivity contribution in [2.45, 2.75) is 19.4 Å². The SMILES string of the molecule is COCCNCCCCN(C)Cc1cc(Br)cs1. The van der Waals surface area contributed by atoms with Crippen molar-refractivity contribution in [3.05, 3.63) is 20.8 Å². The number of rotatable bonds is 10. The average Bonchev–Trinajstić information content (AvgIpc) is 2.73. The van der Waals surface area contributed by atoms with Gasteiger partial charge in [-0.25, -0.2) is 0 Å². The zero-order valence-electron chi connectivity index (χ0n) is 11.2. The standard InChI is InChI=1S/C13H23BrN2OS/c1-16(10-13-9-12(14)11-18-13)7-4-3-5-15-6-8-17-2/h9,11,15H,3-8,10H2,1-2H3. The normalized spacial score (nSPS) is 11.3. The number of thiophene rings is 1. The predicted octanol–water partition coefficient (Wildman–Crippen LogP) is 2.96. The smallest absolute Gasteiger partial charge is 0.0587 e. The molecule has 0 saturated heterocycles. The Kier molecular flexibility index (Phi) is 8.88. The van der Waals surface area contributed by atoms with Crippen LogP contribution in [0.2, 0.25) is 0 Å². The highest BCUT2D eigenvalue weighted by molar-refractivity contribution is 9.10. The Morgan fingerprint density at radius 2 is 2.22 bits per heavy atom. The molecule has 3 nitrogen and oxygen atoms in total. The van der Waals surface area contributed by atoms with E-state index >= 15 is 0 Å². The number of halogens is 1. The van der Waals surface area contributed by atoms with E-state index in [4.69, 9.17) is 4.74 Å². The second-order valence-electron chi connectivity index (χ2n) is 4.42. The van der Waals surface area contributed by atoms with E-state index in [1.54, 1.807) is 7.11 Å². The Morgan fingerprint density at radius 3 is 2.89 bits per heavy atom. The van der Waals surface area contributed by atoms with Crippen LogP contribution in [0.25, 0.3) is 0 Å². The second-order valence-corrected chi connectivity index (χ2v) is 6.33. The molecule has 0 atom stereocenters. The van der Waals surface area contributed by atoms with Gasteiger partial charge in [0.05, 0.1) is 6.61 Å². The van der Waals surface area contributed by atoms with E-state index in [0.29, 0.717) is 0 Å². The van der Waals surface area contributed by atoms with Gasteiger partial charge in [0.15, 0.2) is 0 Å². The summed E-state index contributed by atoms with van der Waals surface area (Å²) in [7, 11) is 3.92. The quantitative estimate of drug-likeness (QED) is 0.666. The molecule has 0 radical (unpaired) electrons. The van der Waals surface area contributed by atoms with Gasteiger partial charge in [0.25, 0.3) is 0 Å². The minimum Gasteiger partial charge on any atom is -0.383 e. The Hall–Kier alpha value is 0.0600. The molecule has 0 saturated carbocycles. The molecule has 1 heterocycles. The molecule has 0 spiro atoms. The molecule has 104 valence electrons. The van der Waals surface area contributed by atoms with E-state index in [-0.39, 0.29) is 0 Å². The Labute approximate surface area is 123 Å². The molecule has 0 bridgehead atoms. The summed E-state index contributed by atoms with van der Waals surface area (Å²) in [5.41, 5.74) is 0. The molecule has 1 aromatic rings. The zero-order valence-corrected chi connectivity index (χ0v) is 13.6. The minimum absolute atomic E-state index is 0.799. The van der Waals surface area contributed by atoms with Gasteiger partial charge in [0, 0.05) is 34.9 Å². The largest absolute Gasteiger partial charge is 0.383 e. The molecule has 0 aliphatic heterocycles. The number of hydrogen-bond donors (Lipinski definition) is 1. The van der Waals surface area contributed by atoms with Crippen molar-refractivity contribution >= 4 is 27.3 Å². The van der Waals surface area contributed by atoms with Gasteiger partial charge in [-0.05, 0) is 55.0 Å². The molecule has 1 aromatic heterocycles. The zero-order chi connectivity index (χ0) is 13.2. The van der Waals surface area contributed by atoms with Crippen molar-refractivity contribution in [3.63, 3.8) is 0 Å². The van der Waals surface area contributed by atoms with Crippen molar-refractivity contribution in [1.29, 1.82) is 0 Å². The van der Waals surface area contributed by atoms with E-state index in [1.165, 1.54) is 22.2 Å². The maximum absolute atomic E-state index is 4.98. The van der Waals surface area contributed by atoms with Crippen LogP contribution in [0.1, 0.15) is 17.7 Å². The Balaban J connectivity index is 1.98. The number of unbranched alkanes of at least 4 members (excludes halogenated alkanes) is 1. The van der Waals surface area contributed by atoms with Crippen LogP contribution in [0.4, 0.5) is 0 Å². The Bertz CT molecular complexity index is 320. The van der Waals surface area contributed by atoms with Crippen LogP contribution in [-0.4, -0.2) is 45.3 Å². The van der Waals surface area contributed by atoms with Crippen molar-refractivity contribution in [2.24, 2.45) is 0 Å². The number of ether oxygens (including phenoxy) is 1. The van der Waals surface area contributed by atoms with Crippen LogP contribution in [-0.2, 0) is 11.3 Å². The fourth-order valence-electron chi connectivity index (χ4n) is 1.71. The second kappa shape index (κ2) is 9.92. The maximum atomic E-state index is 4.98.